The molecule has 0 unspecified atom stereocenters. The monoisotopic (exact) mass is 185 g/mol. The maximum absolute atomic E-state index is 10.2. The Morgan fingerprint density at radius 3 is 2.23 bits per heavy atom. The summed E-state index contributed by atoms with van der Waals surface area (Å²) in [6.45, 7) is 7.08. The first-order chi connectivity index (χ1) is 6.20. The molecule has 0 heterocycles. The van der Waals surface area contributed by atoms with Gasteiger partial charge >= 0.3 is 5.97 Å². The minimum absolute atomic E-state index is 0.744. The molecule has 13 heavy (non-hydrogen) atoms. The third-order valence-corrected chi connectivity index (χ3v) is 1.70. The number of carboxylic acids is 1. The van der Waals surface area contributed by atoms with Crippen LogP contribution in [0.2, 0.25) is 0 Å². The molecule has 0 aromatic heterocycles. The molecule has 0 aromatic rings. The Labute approximate surface area is 80.0 Å². The highest BCUT2D eigenvalue weighted by molar-refractivity contribution is 5.79. The number of aliphatic carboxylic acids is 1. The maximum Gasteiger partial charge on any atom is 0.328 e. The van der Waals surface area contributed by atoms with Gasteiger partial charge in [-0.05, 0) is 25.9 Å². The molecule has 3 nitrogen and oxygen atoms in total. The highest BCUT2D eigenvalue weighted by Crippen LogP contribution is 1.94. The summed E-state index contributed by atoms with van der Waals surface area (Å²) >= 11 is 0. The number of rotatable bonds is 7. The van der Waals surface area contributed by atoms with Gasteiger partial charge in [0.15, 0.2) is 0 Å². The quantitative estimate of drug-likeness (QED) is 0.614. The van der Waals surface area contributed by atoms with Crippen LogP contribution in [0.4, 0.5) is 0 Å². The Kier molecular flexibility index (Phi) is 7.30. The Morgan fingerprint density at radius 2 is 1.85 bits per heavy atom. The van der Waals surface area contributed by atoms with Crippen LogP contribution in [0.5, 0.6) is 0 Å². The first-order valence-electron chi connectivity index (χ1n) is 4.82. The van der Waals surface area contributed by atoms with E-state index < -0.39 is 5.97 Å². The van der Waals surface area contributed by atoms with E-state index in [0.29, 0.717) is 0 Å². The number of carbonyl (C=O) groups is 1. The molecule has 0 amide bonds. The molecule has 0 atom stereocenters. The molecule has 0 aliphatic heterocycles. The Morgan fingerprint density at radius 1 is 1.31 bits per heavy atom. The van der Waals surface area contributed by atoms with Crippen LogP contribution in [0.3, 0.4) is 0 Å². The smallest absolute Gasteiger partial charge is 0.328 e. The Hall–Kier alpha value is -0.830. The van der Waals surface area contributed by atoms with Crippen molar-refractivity contribution in [2.75, 3.05) is 19.6 Å². The van der Waals surface area contributed by atoms with Crippen LogP contribution in [-0.4, -0.2) is 35.6 Å². The van der Waals surface area contributed by atoms with E-state index in [-0.39, 0.29) is 0 Å². The van der Waals surface area contributed by atoms with Crippen molar-refractivity contribution in [3.05, 3.63) is 12.2 Å². The van der Waals surface area contributed by atoms with E-state index >= 15 is 0 Å². The van der Waals surface area contributed by atoms with Gasteiger partial charge in [-0.15, -0.1) is 0 Å². The van der Waals surface area contributed by atoms with Gasteiger partial charge in [-0.1, -0.05) is 19.9 Å². The zero-order chi connectivity index (χ0) is 10.1. The normalized spacial score (nSPS) is 11.3. The van der Waals surface area contributed by atoms with Crippen LogP contribution in [0.25, 0.3) is 0 Å². The van der Waals surface area contributed by atoms with Gasteiger partial charge in [0.05, 0.1) is 0 Å². The van der Waals surface area contributed by atoms with Crippen LogP contribution >= 0.6 is 0 Å². The second-order valence-corrected chi connectivity index (χ2v) is 3.04. The Bertz CT molecular complexity index is 160. The number of hydrogen-bond acceptors (Lipinski definition) is 2. The van der Waals surface area contributed by atoms with Gasteiger partial charge in [0.2, 0.25) is 0 Å². The fraction of sp³-hybridized carbons (Fsp3) is 0.700. The fourth-order valence-corrected chi connectivity index (χ4v) is 1.23. The molecule has 3 heteroatoms. The van der Waals surface area contributed by atoms with Crippen molar-refractivity contribution in [3.63, 3.8) is 0 Å². The average Bonchev–Trinajstić information content (AvgIpc) is 2.04. The maximum atomic E-state index is 10.2. The fourth-order valence-electron chi connectivity index (χ4n) is 1.23. The van der Waals surface area contributed by atoms with Gasteiger partial charge in [-0.2, -0.15) is 0 Å². The molecule has 0 saturated heterocycles. The van der Waals surface area contributed by atoms with Gasteiger partial charge < -0.3 is 5.11 Å². The minimum atomic E-state index is -0.868. The van der Waals surface area contributed by atoms with Crippen LogP contribution in [0.15, 0.2) is 12.2 Å². The zero-order valence-corrected chi connectivity index (χ0v) is 8.49. The van der Waals surface area contributed by atoms with Crippen LogP contribution in [-0.2, 0) is 4.79 Å². The largest absolute Gasteiger partial charge is 0.478 e. The van der Waals surface area contributed by atoms with Crippen molar-refractivity contribution >= 4 is 5.97 Å². The lowest BCUT2D eigenvalue weighted by atomic mass is 10.3. The summed E-state index contributed by atoms with van der Waals surface area (Å²) in [5.41, 5.74) is 0. The molecule has 0 aromatic carbocycles. The molecule has 0 spiro atoms. The van der Waals surface area contributed by atoms with E-state index in [9.17, 15) is 4.79 Å². The van der Waals surface area contributed by atoms with Crippen molar-refractivity contribution < 1.29 is 9.90 Å². The molecule has 0 radical (unpaired) electrons. The molecule has 0 saturated carbocycles. The minimum Gasteiger partial charge on any atom is -0.478 e. The van der Waals surface area contributed by atoms with Crippen LogP contribution < -0.4 is 0 Å². The molecule has 0 bridgehead atoms. The van der Waals surface area contributed by atoms with Crippen molar-refractivity contribution in [2.24, 2.45) is 0 Å². The molecule has 0 aliphatic carbocycles. The molecular formula is C10H19NO2. The van der Waals surface area contributed by atoms with Crippen molar-refractivity contribution in [3.8, 4) is 0 Å². The van der Waals surface area contributed by atoms with Crippen molar-refractivity contribution in [1.82, 2.24) is 4.90 Å². The summed E-state index contributed by atoms with van der Waals surface area (Å²) in [6.07, 6.45) is 5.13. The molecule has 76 valence electrons. The standard InChI is InChI=1S/C10H19NO2/c1-3-7-11(8-4-2)9-5-6-10(12)13/h5-6H,3-4,7-9H2,1-2H3,(H,12,13). The lowest BCUT2D eigenvalue weighted by Crippen LogP contribution is -2.25. The molecule has 1 N–H and O–H groups in total. The predicted molar refractivity (Wildman–Crippen MR) is 53.8 cm³/mol. The van der Waals surface area contributed by atoms with Crippen LogP contribution in [0, 0.1) is 0 Å². The molecule has 0 fully saturated rings. The first kappa shape index (κ1) is 12.2. The SMILES string of the molecule is CCCN(CC=CC(=O)O)CCC. The summed E-state index contributed by atoms with van der Waals surface area (Å²) < 4.78 is 0. The third kappa shape index (κ3) is 7.53. The highest BCUT2D eigenvalue weighted by atomic mass is 16.4. The topological polar surface area (TPSA) is 40.5 Å². The summed E-state index contributed by atoms with van der Waals surface area (Å²) in [7, 11) is 0. The van der Waals surface area contributed by atoms with Crippen LogP contribution in [0.1, 0.15) is 26.7 Å². The Balaban J connectivity index is 3.73. The summed E-state index contributed by atoms with van der Waals surface area (Å²) in [5.74, 6) is -0.868. The lowest BCUT2D eigenvalue weighted by Gasteiger charge is -2.18. The van der Waals surface area contributed by atoms with Crippen molar-refractivity contribution in [1.29, 1.82) is 0 Å². The van der Waals surface area contributed by atoms with Gasteiger partial charge in [-0.25, -0.2) is 4.79 Å². The number of carboxylic acid groups (broad SMARTS) is 1. The van der Waals surface area contributed by atoms with Gasteiger partial charge in [0.1, 0.15) is 0 Å². The lowest BCUT2D eigenvalue weighted by molar-refractivity contribution is -0.131. The summed E-state index contributed by atoms with van der Waals surface area (Å²) in [4.78, 5) is 12.4. The average molecular weight is 185 g/mol. The second kappa shape index (κ2) is 7.80. The van der Waals surface area contributed by atoms with E-state index in [1.165, 1.54) is 6.08 Å². The molecule has 0 aliphatic rings. The summed E-state index contributed by atoms with van der Waals surface area (Å²) in [5, 5.41) is 8.38. The van der Waals surface area contributed by atoms with E-state index in [1.807, 2.05) is 0 Å². The van der Waals surface area contributed by atoms with Gasteiger partial charge in [0.25, 0.3) is 0 Å². The number of nitrogens with zero attached hydrogens (tertiary/aromatic N) is 1. The molecule has 0 rings (SSSR count). The van der Waals surface area contributed by atoms with Gasteiger partial charge in [-0.3, -0.25) is 4.90 Å². The molecular weight excluding hydrogens is 166 g/mol. The third-order valence-electron chi connectivity index (χ3n) is 1.70. The van der Waals surface area contributed by atoms with Gasteiger partial charge in [0, 0.05) is 12.6 Å². The highest BCUT2D eigenvalue weighted by Gasteiger charge is 1.98. The van der Waals surface area contributed by atoms with E-state index in [1.54, 1.807) is 6.08 Å². The number of hydrogen-bond donors (Lipinski definition) is 1. The second-order valence-electron chi connectivity index (χ2n) is 3.04. The van der Waals surface area contributed by atoms with E-state index in [2.05, 4.69) is 18.7 Å². The zero-order valence-electron chi connectivity index (χ0n) is 8.49. The van der Waals surface area contributed by atoms with E-state index in [0.717, 1.165) is 32.5 Å². The van der Waals surface area contributed by atoms with E-state index in [4.69, 9.17) is 5.11 Å². The predicted octanol–water partition coefficient (Wildman–Crippen LogP) is 1.75. The first-order valence-corrected chi connectivity index (χ1v) is 4.82. The van der Waals surface area contributed by atoms with Crippen molar-refractivity contribution in [2.45, 2.75) is 26.7 Å². The summed E-state index contributed by atoms with van der Waals surface area (Å²) in [6, 6.07) is 0.